The summed E-state index contributed by atoms with van der Waals surface area (Å²) in [6, 6.07) is 7.28. The summed E-state index contributed by atoms with van der Waals surface area (Å²) >= 11 is 0. The Balaban J connectivity index is 1.43. The first-order chi connectivity index (χ1) is 10.3. The van der Waals surface area contributed by atoms with Crippen LogP contribution in [-0.4, -0.2) is 15.9 Å². The summed E-state index contributed by atoms with van der Waals surface area (Å²) in [7, 11) is 0. The van der Waals surface area contributed by atoms with Crippen LogP contribution in [0.1, 0.15) is 31.4 Å². The van der Waals surface area contributed by atoms with Gasteiger partial charge in [-0.25, -0.2) is 4.98 Å². The Kier molecular flexibility index (Phi) is 3.26. The molecule has 2 aromatic heterocycles. The van der Waals surface area contributed by atoms with Crippen LogP contribution < -0.4 is 10.9 Å². The van der Waals surface area contributed by atoms with Crippen molar-refractivity contribution in [2.45, 2.75) is 32.2 Å². The lowest BCUT2D eigenvalue weighted by atomic mass is 9.98. The Hall–Kier alpha value is -1.68. The molecule has 2 fully saturated rings. The van der Waals surface area contributed by atoms with E-state index in [1.165, 1.54) is 25.7 Å². The van der Waals surface area contributed by atoms with Gasteiger partial charge in [0.05, 0.1) is 5.69 Å². The van der Waals surface area contributed by atoms with E-state index in [9.17, 15) is 4.79 Å². The standard InChI is InChI=1S/C17H21N3O/c21-17-9-14(19-16-3-1-2-8-20(16)17)10-18-11-15(12-4-5-12)13-6-7-13/h1-3,8-9,12-13,15,18H,4-7,10-11H2. The molecule has 0 atom stereocenters. The van der Waals surface area contributed by atoms with Crippen LogP contribution in [0.4, 0.5) is 0 Å². The Labute approximate surface area is 124 Å². The molecular weight excluding hydrogens is 262 g/mol. The van der Waals surface area contributed by atoms with Crippen molar-refractivity contribution in [3.63, 3.8) is 0 Å². The van der Waals surface area contributed by atoms with Gasteiger partial charge in [0.2, 0.25) is 0 Å². The molecule has 0 spiro atoms. The highest BCUT2D eigenvalue weighted by atomic mass is 16.1. The third kappa shape index (κ3) is 2.86. The first-order valence-electron chi connectivity index (χ1n) is 7.99. The van der Waals surface area contributed by atoms with Gasteiger partial charge in [0.15, 0.2) is 0 Å². The number of nitrogens with one attached hydrogen (secondary N) is 1. The Morgan fingerprint density at radius 1 is 1.24 bits per heavy atom. The predicted octanol–water partition coefficient (Wildman–Crippen LogP) is 2.22. The molecule has 2 aliphatic rings. The second-order valence-corrected chi connectivity index (χ2v) is 6.48. The molecule has 0 bridgehead atoms. The normalized spacial score (nSPS) is 18.5. The molecule has 0 aromatic carbocycles. The molecule has 2 saturated carbocycles. The van der Waals surface area contributed by atoms with E-state index < -0.39 is 0 Å². The quantitative estimate of drug-likeness (QED) is 0.884. The fourth-order valence-corrected chi connectivity index (χ4v) is 3.33. The zero-order chi connectivity index (χ0) is 14.2. The molecular formula is C17H21N3O. The van der Waals surface area contributed by atoms with Gasteiger partial charge in [-0.05, 0) is 62.1 Å². The lowest BCUT2D eigenvalue weighted by Crippen LogP contribution is -2.26. The molecule has 0 amide bonds. The van der Waals surface area contributed by atoms with Gasteiger partial charge in [0.25, 0.3) is 5.56 Å². The third-order valence-electron chi connectivity index (χ3n) is 4.77. The molecule has 21 heavy (non-hydrogen) atoms. The van der Waals surface area contributed by atoms with E-state index in [4.69, 9.17) is 0 Å². The molecule has 0 aliphatic heterocycles. The van der Waals surface area contributed by atoms with Gasteiger partial charge in [0.1, 0.15) is 5.65 Å². The van der Waals surface area contributed by atoms with Crippen LogP contribution in [0.3, 0.4) is 0 Å². The lowest BCUT2D eigenvalue weighted by molar-refractivity contribution is 0.377. The number of fused-ring (bicyclic) bond motifs is 1. The van der Waals surface area contributed by atoms with Crippen molar-refractivity contribution in [3.8, 4) is 0 Å². The fraction of sp³-hybridized carbons (Fsp3) is 0.529. The monoisotopic (exact) mass is 283 g/mol. The number of aromatic nitrogens is 2. The molecule has 4 nitrogen and oxygen atoms in total. The molecule has 2 aliphatic carbocycles. The smallest absolute Gasteiger partial charge is 0.258 e. The Bertz CT molecular complexity index is 688. The average Bonchev–Trinajstić information content (AvgIpc) is 3.37. The Morgan fingerprint density at radius 2 is 2.00 bits per heavy atom. The maximum atomic E-state index is 12.0. The number of hydrogen-bond acceptors (Lipinski definition) is 3. The van der Waals surface area contributed by atoms with Crippen molar-refractivity contribution in [1.82, 2.24) is 14.7 Å². The second-order valence-electron chi connectivity index (χ2n) is 6.48. The van der Waals surface area contributed by atoms with Gasteiger partial charge in [0, 0.05) is 18.8 Å². The minimum atomic E-state index is -0.00154. The van der Waals surface area contributed by atoms with Gasteiger partial charge in [-0.2, -0.15) is 0 Å². The highest BCUT2D eigenvalue weighted by molar-refractivity contribution is 5.37. The molecule has 0 radical (unpaired) electrons. The molecule has 0 unspecified atom stereocenters. The number of nitrogens with zero attached hydrogens (tertiary/aromatic N) is 2. The van der Waals surface area contributed by atoms with Crippen molar-refractivity contribution in [1.29, 1.82) is 0 Å². The van der Waals surface area contributed by atoms with Crippen molar-refractivity contribution < 1.29 is 0 Å². The minimum Gasteiger partial charge on any atom is -0.311 e. The van der Waals surface area contributed by atoms with E-state index in [1.54, 1.807) is 16.7 Å². The minimum absolute atomic E-state index is 0.00154. The van der Waals surface area contributed by atoms with Gasteiger partial charge in [-0.15, -0.1) is 0 Å². The van der Waals surface area contributed by atoms with Crippen LogP contribution in [0.5, 0.6) is 0 Å². The zero-order valence-electron chi connectivity index (χ0n) is 12.2. The van der Waals surface area contributed by atoms with Crippen LogP contribution in [-0.2, 0) is 6.54 Å². The molecule has 2 heterocycles. The molecule has 1 N–H and O–H groups in total. The van der Waals surface area contributed by atoms with E-state index in [-0.39, 0.29) is 5.56 Å². The first-order valence-corrected chi connectivity index (χ1v) is 7.99. The number of hydrogen-bond donors (Lipinski definition) is 1. The van der Waals surface area contributed by atoms with Crippen LogP contribution in [0.15, 0.2) is 35.3 Å². The molecule has 110 valence electrons. The van der Waals surface area contributed by atoms with Crippen LogP contribution in [0, 0.1) is 17.8 Å². The zero-order valence-corrected chi connectivity index (χ0v) is 12.2. The molecule has 4 heteroatoms. The highest BCUT2D eigenvalue weighted by Gasteiger charge is 2.40. The predicted molar refractivity (Wildman–Crippen MR) is 82.1 cm³/mol. The second kappa shape index (κ2) is 5.26. The average molecular weight is 283 g/mol. The van der Waals surface area contributed by atoms with Crippen LogP contribution in [0.25, 0.3) is 5.65 Å². The summed E-state index contributed by atoms with van der Waals surface area (Å²) in [6.45, 7) is 1.77. The summed E-state index contributed by atoms with van der Waals surface area (Å²) in [6.07, 6.45) is 7.42. The molecule has 0 saturated heterocycles. The molecule has 4 rings (SSSR count). The van der Waals surface area contributed by atoms with E-state index in [0.29, 0.717) is 6.54 Å². The van der Waals surface area contributed by atoms with Gasteiger partial charge >= 0.3 is 0 Å². The first kappa shape index (κ1) is 13.0. The third-order valence-corrected chi connectivity index (χ3v) is 4.77. The SMILES string of the molecule is O=c1cc(CNCC(C2CC2)C2CC2)nc2ccccn12. The maximum Gasteiger partial charge on any atom is 0.258 e. The van der Waals surface area contributed by atoms with E-state index in [1.807, 2.05) is 18.2 Å². The summed E-state index contributed by atoms with van der Waals surface area (Å²) < 4.78 is 1.58. The number of pyridine rings is 1. The topological polar surface area (TPSA) is 46.4 Å². The lowest BCUT2D eigenvalue weighted by Gasteiger charge is -2.16. The van der Waals surface area contributed by atoms with Crippen molar-refractivity contribution in [3.05, 3.63) is 46.5 Å². The highest BCUT2D eigenvalue weighted by Crippen LogP contribution is 2.48. The van der Waals surface area contributed by atoms with Gasteiger partial charge < -0.3 is 5.32 Å². The van der Waals surface area contributed by atoms with Gasteiger partial charge in [-0.1, -0.05) is 6.07 Å². The van der Waals surface area contributed by atoms with E-state index in [0.717, 1.165) is 35.6 Å². The maximum absolute atomic E-state index is 12.0. The molecule has 2 aromatic rings. The van der Waals surface area contributed by atoms with Crippen molar-refractivity contribution in [2.24, 2.45) is 17.8 Å². The summed E-state index contributed by atoms with van der Waals surface area (Å²) in [4.78, 5) is 16.6. The van der Waals surface area contributed by atoms with E-state index in [2.05, 4.69) is 10.3 Å². The van der Waals surface area contributed by atoms with Gasteiger partial charge in [-0.3, -0.25) is 9.20 Å². The Morgan fingerprint density at radius 3 is 2.71 bits per heavy atom. The summed E-state index contributed by atoms with van der Waals surface area (Å²) in [5.41, 5.74) is 1.57. The van der Waals surface area contributed by atoms with Crippen LogP contribution >= 0.6 is 0 Å². The van der Waals surface area contributed by atoms with Crippen LogP contribution in [0.2, 0.25) is 0 Å². The summed E-state index contributed by atoms with van der Waals surface area (Å²) in [5.74, 6) is 2.77. The largest absolute Gasteiger partial charge is 0.311 e. The van der Waals surface area contributed by atoms with Crippen molar-refractivity contribution >= 4 is 5.65 Å². The number of rotatable bonds is 6. The summed E-state index contributed by atoms with van der Waals surface area (Å²) in [5, 5.41) is 3.53. The fourth-order valence-electron chi connectivity index (χ4n) is 3.33. The van der Waals surface area contributed by atoms with Crippen molar-refractivity contribution in [2.75, 3.05) is 6.54 Å². The van der Waals surface area contributed by atoms with E-state index >= 15 is 0 Å².